The summed E-state index contributed by atoms with van der Waals surface area (Å²) in [6, 6.07) is -0.792. The Morgan fingerprint density at radius 3 is 2.62 bits per heavy atom. The van der Waals surface area contributed by atoms with Gasteiger partial charge in [-0.15, -0.1) is 0 Å². The molecule has 0 aromatic heterocycles. The molecule has 1 aliphatic rings. The van der Waals surface area contributed by atoms with Crippen LogP contribution in [0.3, 0.4) is 0 Å². The smallest absolute Gasteiger partial charge is 0.134 e. The maximum Gasteiger partial charge on any atom is 0.134 e. The topological polar surface area (TPSA) is 124 Å². The molecule has 1 fully saturated rings. The average Bonchev–Trinajstić information content (AvgIpc) is 2.09. The van der Waals surface area contributed by atoms with Crippen LogP contribution in [-0.4, -0.2) is 40.8 Å². The zero-order chi connectivity index (χ0) is 10.0. The number of ether oxygens (including phenoxy) is 1. The number of azide groups is 1. The molecule has 7 nitrogen and oxygen atoms in total. The van der Waals surface area contributed by atoms with E-state index in [1.807, 2.05) is 0 Å². The molecule has 0 spiro atoms. The van der Waals surface area contributed by atoms with Crippen LogP contribution >= 0.6 is 0 Å². The molecule has 0 aromatic rings. The summed E-state index contributed by atoms with van der Waals surface area (Å²) >= 11 is 0. The molecule has 0 radical (unpaired) electrons. The number of hydrogen-bond donors (Lipinski definition) is 3. The molecule has 0 saturated carbocycles. The Balaban J connectivity index is 2.78. The largest absolute Gasteiger partial charge is 0.390 e. The molecule has 0 unspecified atom stereocenters. The Kier molecular flexibility index (Phi) is 3.07. The first-order valence-electron chi connectivity index (χ1n) is 3.89. The molecular weight excluding hydrogens is 176 g/mol. The van der Waals surface area contributed by atoms with Gasteiger partial charge in [0.05, 0.1) is 18.2 Å². The highest BCUT2D eigenvalue weighted by atomic mass is 16.5. The minimum Gasteiger partial charge on any atom is -0.390 e. The van der Waals surface area contributed by atoms with Gasteiger partial charge in [0.2, 0.25) is 0 Å². The Morgan fingerprint density at radius 1 is 1.46 bits per heavy atom. The minimum atomic E-state index is -1.22. The van der Waals surface area contributed by atoms with Crippen molar-refractivity contribution in [1.29, 1.82) is 0 Å². The lowest BCUT2D eigenvalue weighted by Gasteiger charge is -2.37. The van der Waals surface area contributed by atoms with Crippen molar-refractivity contribution in [1.82, 2.24) is 0 Å². The van der Waals surface area contributed by atoms with E-state index in [4.69, 9.17) is 16.0 Å². The highest BCUT2D eigenvalue weighted by Gasteiger charge is 2.40. The zero-order valence-electron chi connectivity index (χ0n) is 7.11. The van der Waals surface area contributed by atoms with Crippen LogP contribution in [0.1, 0.15) is 6.92 Å². The van der Waals surface area contributed by atoms with E-state index in [2.05, 4.69) is 10.0 Å². The first kappa shape index (κ1) is 10.2. The average molecular weight is 188 g/mol. The van der Waals surface area contributed by atoms with Crippen LogP contribution in [0.25, 0.3) is 10.4 Å². The first-order chi connectivity index (χ1) is 6.07. The second kappa shape index (κ2) is 3.91. The highest BCUT2D eigenvalue weighted by Crippen LogP contribution is 2.20. The lowest BCUT2D eigenvalue weighted by atomic mass is 9.97. The summed E-state index contributed by atoms with van der Waals surface area (Å²) in [7, 11) is 0. The lowest BCUT2D eigenvalue weighted by molar-refractivity contribution is -0.170. The number of aliphatic hydroxyl groups excluding tert-OH is 2. The molecule has 4 N–H and O–H groups in total. The number of nitrogens with zero attached hydrogens (tertiary/aromatic N) is 3. The molecule has 1 saturated heterocycles. The molecule has 0 amide bonds. The predicted molar refractivity (Wildman–Crippen MR) is 43.5 cm³/mol. The van der Waals surface area contributed by atoms with Crippen molar-refractivity contribution in [3.63, 3.8) is 0 Å². The van der Waals surface area contributed by atoms with Crippen LogP contribution in [0.15, 0.2) is 5.11 Å². The lowest BCUT2D eigenvalue weighted by Crippen LogP contribution is -2.58. The second-order valence-corrected chi connectivity index (χ2v) is 2.98. The molecule has 1 aliphatic heterocycles. The maximum atomic E-state index is 9.43. The van der Waals surface area contributed by atoms with E-state index in [9.17, 15) is 10.2 Å². The zero-order valence-corrected chi connectivity index (χ0v) is 7.11. The Labute approximate surface area is 74.7 Å². The summed E-state index contributed by atoms with van der Waals surface area (Å²) in [5, 5.41) is 22.0. The maximum absolute atomic E-state index is 9.43. The number of hydrogen-bond acceptors (Lipinski definition) is 5. The first-order valence-corrected chi connectivity index (χ1v) is 3.89. The summed E-state index contributed by atoms with van der Waals surface area (Å²) < 4.78 is 5.04. The van der Waals surface area contributed by atoms with E-state index in [-0.39, 0.29) is 0 Å². The van der Waals surface area contributed by atoms with Gasteiger partial charge in [0.1, 0.15) is 12.3 Å². The van der Waals surface area contributed by atoms with E-state index < -0.39 is 30.6 Å². The van der Waals surface area contributed by atoms with E-state index in [0.29, 0.717) is 0 Å². The molecule has 74 valence electrons. The SMILES string of the molecule is C[C@H]1O[C@@H](N)[C@@H](O)[C@@H](O)[C@@H]1N=[N+]=[N-]. The predicted octanol–water partition coefficient (Wildman–Crippen LogP) is -0.909. The number of rotatable bonds is 1. The van der Waals surface area contributed by atoms with Crippen molar-refractivity contribution in [2.24, 2.45) is 10.8 Å². The molecule has 7 heteroatoms. The van der Waals surface area contributed by atoms with Gasteiger partial charge in [0.25, 0.3) is 0 Å². The molecule has 0 aliphatic carbocycles. The monoisotopic (exact) mass is 188 g/mol. The van der Waals surface area contributed by atoms with Crippen LogP contribution in [0, 0.1) is 0 Å². The summed E-state index contributed by atoms with van der Waals surface area (Å²) in [4.78, 5) is 2.55. The third-order valence-electron chi connectivity index (χ3n) is 2.07. The highest BCUT2D eigenvalue weighted by molar-refractivity contribution is 4.93. The van der Waals surface area contributed by atoms with Crippen molar-refractivity contribution in [2.75, 3.05) is 0 Å². The summed E-state index contributed by atoms with van der Waals surface area (Å²) in [6.07, 6.45) is -3.82. The number of nitrogens with two attached hydrogens (primary N) is 1. The van der Waals surface area contributed by atoms with Gasteiger partial charge in [0, 0.05) is 4.91 Å². The van der Waals surface area contributed by atoms with Gasteiger partial charge in [-0.2, -0.15) is 0 Å². The van der Waals surface area contributed by atoms with Crippen LogP contribution in [0.4, 0.5) is 0 Å². The third kappa shape index (κ3) is 1.90. The molecule has 5 atom stereocenters. The molecule has 0 aromatic carbocycles. The van der Waals surface area contributed by atoms with Crippen LogP contribution in [-0.2, 0) is 4.74 Å². The fraction of sp³-hybridized carbons (Fsp3) is 1.00. The second-order valence-electron chi connectivity index (χ2n) is 2.98. The number of aliphatic hydroxyl groups is 2. The quantitative estimate of drug-likeness (QED) is 0.280. The standard InChI is InChI=1S/C6H12N4O3/c1-2-3(9-10-8)4(11)5(12)6(7)13-2/h2-6,11-12H,7H2,1H3/t2-,3-,4+,5+,6-/m1/s1. The van der Waals surface area contributed by atoms with Crippen molar-refractivity contribution in [3.8, 4) is 0 Å². The Hall–Kier alpha value is -0.850. The van der Waals surface area contributed by atoms with Crippen LogP contribution in [0.5, 0.6) is 0 Å². The van der Waals surface area contributed by atoms with Gasteiger partial charge >= 0.3 is 0 Å². The molecular formula is C6H12N4O3. The Morgan fingerprint density at radius 2 is 2.08 bits per heavy atom. The summed E-state index contributed by atoms with van der Waals surface area (Å²) in [5.74, 6) is 0. The third-order valence-corrected chi connectivity index (χ3v) is 2.07. The summed E-state index contributed by atoms with van der Waals surface area (Å²) in [5.41, 5.74) is 13.5. The van der Waals surface area contributed by atoms with Gasteiger partial charge in [-0.1, -0.05) is 5.11 Å². The minimum absolute atomic E-state index is 0.496. The van der Waals surface area contributed by atoms with Gasteiger partial charge in [-0.3, -0.25) is 0 Å². The van der Waals surface area contributed by atoms with E-state index >= 15 is 0 Å². The Bertz CT molecular complexity index is 230. The fourth-order valence-electron chi connectivity index (χ4n) is 1.30. The van der Waals surface area contributed by atoms with Gasteiger partial charge in [-0.25, -0.2) is 0 Å². The van der Waals surface area contributed by atoms with E-state index in [1.54, 1.807) is 6.92 Å². The summed E-state index contributed by atoms with van der Waals surface area (Å²) in [6.45, 7) is 1.62. The normalized spacial score (nSPS) is 45.4. The molecule has 1 heterocycles. The van der Waals surface area contributed by atoms with Crippen molar-refractivity contribution in [2.45, 2.75) is 37.5 Å². The van der Waals surface area contributed by atoms with Crippen LogP contribution in [0.2, 0.25) is 0 Å². The fourth-order valence-corrected chi connectivity index (χ4v) is 1.30. The van der Waals surface area contributed by atoms with Crippen molar-refractivity contribution in [3.05, 3.63) is 10.4 Å². The van der Waals surface area contributed by atoms with E-state index in [1.165, 1.54) is 0 Å². The molecule has 13 heavy (non-hydrogen) atoms. The van der Waals surface area contributed by atoms with Gasteiger partial charge in [-0.05, 0) is 12.5 Å². The van der Waals surface area contributed by atoms with Gasteiger partial charge in [0.15, 0.2) is 0 Å². The molecule has 0 bridgehead atoms. The van der Waals surface area contributed by atoms with E-state index in [0.717, 1.165) is 0 Å². The van der Waals surface area contributed by atoms with Crippen molar-refractivity contribution >= 4 is 0 Å². The van der Waals surface area contributed by atoms with Crippen LogP contribution < -0.4 is 5.73 Å². The van der Waals surface area contributed by atoms with Crippen molar-refractivity contribution < 1.29 is 14.9 Å². The molecule has 1 rings (SSSR count). The van der Waals surface area contributed by atoms with Gasteiger partial charge < -0.3 is 20.7 Å².